The van der Waals surface area contributed by atoms with Crippen molar-refractivity contribution in [1.82, 2.24) is 19.5 Å². The summed E-state index contributed by atoms with van der Waals surface area (Å²) in [7, 11) is 0. The SMILES string of the molecule is CCCCCCCCOc1ncnc2c1ncn2[C@H]1CC[C@@H](CO)O1. The zero-order chi connectivity index (χ0) is 17.5. The lowest BCUT2D eigenvalue weighted by Gasteiger charge is -2.13. The zero-order valence-electron chi connectivity index (χ0n) is 14.9. The number of hydrogen-bond donors (Lipinski definition) is 1. The van der Waals surface area contributed by atoms with Crippen LogP contribution in [0.15, 0.2) is 12.7 Å². The molecule has 3 rings (SSSR count). The molecule has 3 heterocycles. The maximum Gasteiger partial charge on any atom is 0.245 e. The van der Waals surface area contributed by atoms with Gasteiger partial charge >= 0.3 is 0 Å². The van der Waals surface area contributed by atoms with Crippen molar-refractivity contribution in [2.75, 3.05) is 13.2 Å². The molecule has 1 aliphatic rings. The van der Waals surface area contributed by atoms with Gasteiger partial charge in [0.05, 0.1) is 25.6 Å². The van der Waals surface area contributed by atoms with Gasteiger partial charge in [-0.1, -0.05) is 39.0 Å². The molecule has 0 spiro atoms. The van der Waals surface area contributed by atoms with Crippen LogP contribution < -0.4 is 4.74 Å². The van der Waals surface area contributed by atoms with E-state index in [1.165, 1.54) is 38.4 Å². The van der Waals surface area contributed by atoms with Crippen LogP contribution in [0.4, 0.5) is 0 Å². The van der Waals surface area contributed by atoms with Crippen molar-refractivity contribution in [1.29, 1.82) is 0 Å². The Bertz CT molecular complexity index is 661. The van der Waals surface area contributed by atoms with Gasteiger partial charge in [0.2, 0.25) is 5.88 Å². The van der Waals surface area contributed by atoms with Crippen molar-refractivity contribution < 1.29 is 14.6 Å². The lowest BCUT2D eigenvalue weighted by Crippen LogP contribution is -2.14. The van der Waals surface area contributed by atoms with Crippen LogP contribution in [0.25, 0.3) is 11.2 Å². The fourth-order valence-corrected chi connectivity index (χ4v) is 3.22. The Morgan fingerprint density at radius 2 is 2.00 bits per heavy atom. The largest absolute Gasteiger partial charge is 0.476 e. The summed E-state index contributed by atoms with van der Waals surface area (Å²) in [6.45, 7) is 2.92. The lowest BCUT2D eigenvalue weighted by molar-refractivity contribution is -0.0207. The van der Waals surface area contributed by atoms with Crippen molar-refractivity contribution in [3.05, 3.63) is 12.7 Å². The van der Waals surface area contributed by atoms with E-state index in [9.17, 15) is 5.11 Å². The Hall–Kier alpha value is -1.73. The molecule has 0 aromatic carbocycles. The number of unbranched alkanes of at least 4 members (excludes halogenated alkanes) is 5. The van der Waals surface area contributed by atoms with Gasteiger partial charge in [-0.05, 0) is 19.3 Å². The van der Waals surface area contributed by atoms with Crippen LogP contribution >= 0.6 is 0 Å². The van der Waals surface area contributed by atoms with Crippen LogP contribution in [-0.2, 0) is 4.74 Å². The van der Waals surface area contributed by atoms with E-state index in [1.807, 2.05) is 4.57 Å². The number of nitrogens with zero attached hydrogens (tertiary/aromatic N) is 4. The summed E-state index contributed by atoms with van der Waals surface area (Å²) in [5.74, 6) is 0.536. The van der Waals surface area contributed by atoms with Gasteiger partial charge in [-0.3, -0.25) is 4.57 Å². The van der Waals surface area contributed by atoms with E-state index in [0.717, 1.165) is 24.9 Å². The minimum Gasteiger partial charge on any atom is -0.476 e. The molecule has 1 fully saturated rings. The molecular formula is C18H28N4O3. The summed E-state index contributed by atoms with van der Waals surface area (Å²) in [5, 5.41) is 9.23. The molecule has 138 valence electrons. The highest BCUT2D eigenvalue weighted by atomic mass is 16.5. The predicted octanol–water partition coefficient (Wildman–Crippen LogP) is 3.24. The fraction of sp³-hybridized carbons (Fsp3) is 0.722. The van der Waals surface area contributed by atoms with Crippen LogP contribution in [0, 0.1) is 0 Å². The summed E-state index contributed by atoms with van der Waals surface area (Å²) in [6.07, 6.45) is 12.0. The third-order valence-corrected chi connectivity index (χ3v) is 4.66. The first-order chi connectivity index (χ1) is 12.3. The van der Waals surface area contributed by atoms with E-state index in [-0.39, 0.29) is 18.9 Å². The Morgan fingerprint density at radius 1 is 1.16 bits per heavy atom. The first-order valence-corrected chi connectivity index (χ1v) is 9.40. The lowest BCUT2D eigenvalue weighted by atomic mass is 10.1. The van der Waals surface area contributed by atoms with Gasteiger partial charge in [0, 0.05) is 0 Å². The van der Waals surface area contributed by atoms with E-state index in [4.69, 9.17) is 9.47 Å². The second-order valence-electron chi connectivity index (χ2n) is 6.59. The number of hydrogen-bond acceptors (Lipinski definition) is 6. The minimum atomic E-state index is -0.136. The van der Waals surface area contributed by atoms with Crippen molar-refractivity contribution in [3.63, 3.8) is 0 Å². The van der Waals surface area contributed by atoms with Crippen molar-refractivity contribution in [2.24, 2.45) is 0 Å². The summed E-state index contributed by atoms with van der Waals surface area (Å²) in [4.78, 5) is 13.0. The van der Waals surface area contributed by atoms with Gasteiger partial charge in [-0.2, -0.15) is 4.98 Å². The van der Waals surface area contributed by atoms with E-state index in [1.54, 1.807) is 6.33 Å². The monoisotopic (exact) mass is 348 g/mol. The number of aliphatic hydroxyl groups is 1. The highest BCUT2D eigenvalue weighted by molar-refractivity contribution is 5.75. The number of fused-ring (bicyclic) bond motifs is 1. The van der Waals surface area contributed by atoms with Crippen LogP contribution in [0.1, 0.15) is 64.5 Å². The molecule has 0 radical (unpaired) electrons. The van der Waals surface area contributed by atoms with E-state index < -0.39 is 0 Å². The molecule has 0 saturated carbocycles. The highest BCUT2D eigenvalue weighted by Gasteiger charge is 2.27. The zero-order valence-corrected chi connectivity index (χ0v) is 14.9. The Morgan fingerprint density at radius 3 is 2.80 bits per heavy atom. The van der Waals surface area contributed by atoms with Crippen LogP contribution in [0.2, 0.25) is 0 Å². The molecule has 1 N–H and O–H groups in total. The second-order valence-corrected chi connectivity index (χ2v) is 6.59. The van der Waals surface area contributed by atoms with Gasteiger partial charge in [-0.25, -0.2) is 9.97 Å². The topological polar surface area (TPSA) is 82.3 Å². The number of aliphatic hydroxyl groups excluding tert-OH is 1. The average Bonchev–Trinajstić information content (AvgIpc) is 3.27. The molecular weight excluding hydrogens is 320 g/mol. The molecule has 0 amide bonds. The van der Waals surface area contributed by atoms with Crippen molar-refractivity contribution in [3.8, 4) is 5.88 Å². The summed E-state index contributed by atoms with van der Waals surface area (Å²) < 4.78 is 13.6. The number of ether oxygens (including phenoxy) is 2. The number of aromatic nitrogens is 4. The first kappa shape index (κ1) is 18.1. The van der Waals surface area contributed by atoms with Crippen molar-refractivity contribution >= 4 is 11.2 Å². The van der Waals surface area contributed by atoms with E-state index >= 15 is 0 Å². The maximum absolute atomic E-state index is 9.23. The molecule has 2 atom stereocenters. The molecule has 2 aromatic rings. The standard InChI is InChI=1S/C18H28N4O3/c1-2-3-4-5-6-7-10-24-18-16-17(19-12-20-18)22(13-21-16)15-9-8-14(11-23)25-15/h12-15,23H,2-11H2,1H3/t14-,15+/m0/s1. The van der Waals surface area contributed by atoms with Crippen LogP contribution in [0.3, 0.4) is 0 Å². The third-order valence-electron chi connectivity index (χ3n) is 4.66. The third kappa shape index (κ3) is 4.46. The van der Waals surface area contributed by atoms with E-state index in [0.29, 0.717) is 18.0 Å². The smallest absolute Gasteiger partial charge is 0.245 e. The molecule has 7 heteroatoms. The number of rotatable bonds is 10. The average molecular weight is 348 g/mol. The summed E-state index contributed by atoms with van der Waals surface area (Å²) >= 11 is 0. The highest BCUT2D eigenvalue weighted by Crippen LogP contribution is 2.31. The molecule has 1 aliphatic heterocycles. The Kier molecular flexibility index (Phi) is 6.58. The molecule has 1 saturated heterocycles. The Balaban J connectivity index is 1.58. The maximum atomic E-state index is 9.23. The molecule has 7 nitrogen and oxygen atoms in total. The minimum absolute atomic E-state index is 0.0464. The molecule has 0 aliphatic carbocycles. The van der Waals surface area contributed by atoms with Gasteiger partial charge in [-0.15, -0.1) is 0 Å². The normalized spacial score (nSPS) is 20.4. The van der Waals surface area contributed by atoms with Crippen LogP contribution in [0.5, 0.6) is 5.88 Å². The molecule has 2 aromatic heterocycles. The quantitative estimate of drug-likeness (QED) is 0.664. The summed E-state index contributed by atoms with van der Waals surface area (Å²) in [5.41, 5.74) is 1.39. The molecule has 0 unspecified atom stereocenters. The predicted molar refractivity (Wildman–Crippen MR) is 94.4 cm³/mol. The fourth-order valence-electron chi connectivity index (χ4n) is 3.22. The van der Waals surface area contributed by atoms with Crippen molar-refractivity contribution in [2.45, 2.75) is 70.6 Å². The Labute approximate surface area is 148 Å². The van der Waals surface area contributed by atoms with E-state index in [2.05, 4.69) is 21.9 Å². The van der Waals surface area contributed by atoms with Gasteiger partial charge < -0.3 is 14.6 Å². The van der Waals surface area contributed by atoms with Gasteiger partial charge in [0.25, 0.3) is 0 Å². The summed E-state index contributed by atoms with van der Waals surface area (Å²) in [6, 6.07) is 0. The number of imidazole rings is 1. The second kappa shape index (κ2) is 9.10. The van der Waals surface area contributed by atoms with Crippen LogP contribution in [-0.4, -0.2) is 43.9 Å². The first-order valence-electron chi connectivity index (χ1n) is 9.40. The molecule has 25 heavy (non-hydrogen) atoms. The van der Waals surface area contributed by atoms with Gasteiger partial charge in [0.1, 0.15) is 12.6 Å². The molecule has 0 bridgehead atoms. The van der Waals surface area contributed by atoms with Gasteiger partial charge in [0.15, 0.2) is 11.2 Å².